The summed E-state index contributed by atoms with van der Waals surface area (Å²) in [5.74, 6) is -116. The van der Waals surface area contributed by atoms with Crippen molar-refractivity contribution in [1.29, 1.82) is 0 Å². The van der Waals surface area contributed by atoms with Gasteiger partial charge in [-0.1, -0.05) is 37.1 Å². The van der Waals surface area contributed by atoms with E-state index in [0.29, 0.717) is 0 Å². The quantitative estimate of drug-likeness (QED) is 0.0661. The first-order valence-corrected chi connectivity index (χ1v) is 19.2. The van der Waals surface area contributed by atoms with Crippen molar-refractivity contribution in [3.05, 3.63) is 59.7 Å². The summed E-state index contributed by atoms with van der Waals surface area (Å²) in [6, 6.07) is -3.64. The highest BCUT2D eigenvalue weighted by molar-refractivity contribution is 5.89. The van der Waals surface area contributed by atoms with Crippen LogP contribution in [0.2, 0.25) is 0 Å². The molecule has 76 heavy (non-hydrogen) atoms. The van der Waals surface area contributed by atoms with Crippen LogP contribution in [0.25, 0.3) is 0 Å². The first kappa shape index (κ1) is 66.7. The summed E-state index contributed by atoms with van der Waals surface area (Å²) < 4.78 is 462. The molecule has 2 aromatic carbocycles. The molecule has 0 saturated carbocycles. The van der Waals surface area contributed by atoms with Crippen LogP contribution in [0.3, 0.4) is 0 Å². The summed E-state index contributed by atoms with van der Waals surface area (Å²) >= 11 is 0. The number of alkyl halides is 34. The maximum atomic E-state index is 14.5. The molecule has 0 unspecified atom stereocenters. The van der Waals surface area contributed by atoms with E-state index in [1.807, 2.05) is 0 Å². The molecule has 2 rings (SSSR count). The average Bonchev–Trinajstić information content (AvgIpc) is 3.25. The molecule has 4 amide bonds. The topological polar surface area (TPSA) is 82.3 Å². The molecule has 0 saturated heterocycles. The lowest BCUT2D eigenvalue weighted by atomic mass is 9.87. The molecule has 6 nitrogen and oxygen atoms in total. The fourth-order valence-electron chi connectivity index (χ4n) is 5.57. The monoisotopic (exact) mass is 1190 g/mol. The minimum Gasteiger partial charge on any atom is -0.338 e. The smallest absolute Gasteiger partial charge is 0.338 e. The van der Waals surface area contributed by atoms with Gasteiger partial charge < -0.3 is 21.3 Å². The van der Waals surface area contributed by atoms with Crippen molar-refractivity contribution in [3.8, 4) is 0 Å². The number of amides is 4. The van der Waals surface area contributed by atoms with Crippen molar-refractivity contribution in [2.75, 3.05) is 23.7 Å². The largest absolute Gasteiger partial charge is 0.460 e. The predicted molar refractivity (Wildman–Crippen MR) is 185 cm³/mol. The van der Waals surface area contributed by atoms with Crippen molar-refractivity contribution in [2.24, 2.45) is 0 Å². The van der Waals surface area contributed by atoms with Gasteiger partial charge in [0.25, 0.3) is 0 Å². The van der Waals surface area contributed by atoms with Gasteiger partial charge in [-0.2, -0.15) is 149 Å². The van der Waals surface area contributed by atoms with Crippen LogP contribution in [0, 0.1) is 0 Å². The van der Waals surface area contributed by atoms with E-state index in [9.17, 15) is 159 Å². The van der Waals surface area contributed by atoms with Gasteiger partial charge in [0, 0.05) is 35.6 Å². The van der Waals surface area contributed by atoms with Crippen LogP contribution in [0.4, 0.5) is 170 Å². The lowest BCUT2D eigenvalue weighted by molar-refractivity contribution is -0.462. The molecule has 0 aliphatic rings. The highest BCUT2D eigenvalue weighted by atomic mass is 19.4. The van der Waals surface area contributed by atoms with Gasteiger partial charge in [0.05, 0.1) is 0 Å². The number of unbranched alkanes of at least 4 members (excludes halogenated alkanes) is 3. The summed E-state index contributed by atoms with van der Waals surface area (Å²) in [5, 5.41) is 7.71. The number of benzene rings is 2. The molecule has 0 aliphatic carbocycles. The molecule has 0 aliphatic heterocycles. The van der Waals surface area contributed by atoms with E-state index in [4.69, 9.17) is 0 Å². The van der Waals surface area contributed by atoms with E-state index >= 15 is 0 Å². The molecular formula is C36H24F34N4O2. The fraction of sp³-hybridized carbons (Fsp3) is 0.611. The molecule has 2 aromatic rings. The number of rotatable bonds is 23. The van der Waals surface area contributed by atoms with Crippen LogP contribution in [0.15, 0.2) is 48.5 Å². The van der Waals surface area contributed by atoms with Crippen LogP contribution in [-0.4, -0.2) is 109 Å². The Morgan fingerprint density at radius 3 is 0.684 bits per heavy atom. The average molecular weight is 1190 g/mol. The number of halogens is 34. The molecule has 0 bridgehead atoms. The number of hydrogen-bond acceptors (Lipinski definition) is 2. The van der Waals surface area contributed by atoms with Gasteiger partial charge in [-0.15, -0.1) is 0 Å². The van der Waals surface area contributed by atoms with Crippen molar-refractivity contribution in [1.82, 2.24) is 10.6 Å². The minimum absolute atomic E-state index is 0.0139. The number of carbonyl (C=O) groups is 2. The van der Waals surface area contributed by atoms with Crippen molar-refractivity contribution in [2.45, 2.75) is 121 Å². The first-order valence-electron chi connectivity index (χ1n) is 19.2. The number of hydrogen-bond donors (Lipinski definition) is 4. The summed E-state index contributed by atoms with van der Waals surface area (Å²) in [6.07, 6.45) is -15.6. The summed E-state index contributed by atoms with van der Waals surface area (Å²) in [4.78, 5) is 24.1. The van der Waals surface area contributed by atoms with Crippen LogP contribution in [0.1, 0.15) is 36.8 Å². The predicted octanol–water partition coefficient (Wildman–Crippen LogP) is 15.1. The molecule has 0 fully saturated rings. The van der Waals surface area contributed by atoms with Crippen molar-refractivity contribution >= 4 is 23.4 Å². The molecule has 438 valence electrons. The maximum Gasteiger partial charge on any atom is 0.460 e. The van der Waals surface area contributed by atoms with E-state index in [-0.39, 0.29) is 87.3 Å². The number of carbonyl (C=O) groups excluding carboxylic acids is 2. The third-order valence-electron chi connectivity index (χ3n) is 10.1. The van der Waals surface area contributed by atoms with Gasteiger partial charge in [-0.25, -0.2) is 9.59 Å². The summed E-state index contributed by atoms with van der Waals surface area (Å²) in [6.45, 7) is -0.622. The Bertz CT molecular complexity index is 2160. The summed E-state index contributed by atoms with van der Waals surface area (Å²) in [7, 11) is 0. The molecule has 0 aromatic heterocycles. The Morgan fingerprint density at radius 1 is 0.276 bits per heavy atom. The zero-order chi connectivity index (χ0) is 60.2. The molecule has 0 radical (unpaired) electrons. The van der Waals surface area contributed by atoms with E-state index < -0.39 is 130 Å². The third-order valence-corrected chi connectivity index (χ3v) is 10.1. The lowest BCUT2D eigenvalue weighted by Crippen LogP contribution is -2.74. The Morgan fingerprint density at radius 2 is 0.474 bits per heavy atom. The zero-order valence-electron chi connectivity index (χ0n) is 35.5. The molecule has 40 heteroatoms. The Balaban J connectivity index is 1.96. The van der Waals surface area contributed by atoms with E-state index in [1.54, 1.807) is 10.6 Å². The molecular weight excluding hydrogens is 1170 g/mol. The third kappa shape index (κ3) is 10.6. The molecule has 4 N–H and O–H groups in total. The van der Waals surface area contributed by atoms with Crippen LogP contribution < -0.4 is 21.3 Å². The van der Waals surface area contributed by atoms with Gasteiger partial charge >= 0.3 is 107 Å². The maximum absolute atomic E-state index is 14.5. The number of anilines is 2. The second-order valence-electron chi connectivity index (χ2n) is 15.4. The Kier molecular flexibility index (Phi) is 17.9. The van der Waals surface area contributed by atoms with E-state index in [0.717, 1.165) is 0 Å². The normalized spacial score (nSPS) is 15.1. The highest BCUT2D eigenvalue weighted by Gasteiger charge is 2.97. The Hall–Kier alpha value is -5.40. The van der Waals surface area contributed by atoms with E-state index in [2.05, 4.69) is 10.6 Å². The van der Waals surface area contributed by atoms with Crippen LogP contribution >= 0.6 is 0 Å². The first-order chi connectivity index (χ1) is 33.4. The zero-order valence-corrected chi connectivity index (χ0v) is 35.5. The standard InChI is InChI=1S/C36H24F34N4O2/c37-21(38,23(41,42)25(45,46)27(49,50)29(53,54)31(57,58)33(61,62)35(65,66)67)15-5-9-17(10-6-15)73-19(75)71-13-3-1-2-4-14-72-20(76)74-18-11-7-16(8-12-18)22(39,40)24(43,44)26(47,48)28(51,52)30(55,56)32(59,60)34(63,64)36(68,69)70/h5-12H,1-4,13-14H2,(H2,71,73,75)(H2,72,74,76). The van der Waals surface area contributed by atoms with Gasteiger partial charge in [0.15, 0.2) is 0 Å². The molecule has 0 atom stereocenters. The SMILES string of the molecule is O=C(NCCCCCCNC(=O)Nc1ccc(C(F)(F)C(F)(F)C(F)(F)C(F)(F)C(F)(F)C(F)(F)C(F)(F)C(F)(F)F)cc1)Nc1ccc(C(F)(F)C(F)(F)C(F)(F)C(F)(F)C(F)(F)C(F)(F)C(F)(F)C(F)(F)F)cc1. The minimum atomic E-state index is -8.83. The van der Waals surface area contributed by atoms with Crippen molar-refractivity contribution < 1.29 is 159 Å². The van der Waals surface area contributed by atoms with Crippen LogP contribution in [-0.2, 0) is 11.8 Å². The number of nitrogens with one attached hydrogen (secondary N) is 4. The van der Waals surface area contributed by atoms with Crippen LogP contribution in [0.5, 0.6) is 0 Å². The fourth-order valence-corrected chi connectivity index (χ4v) is 5.57. The molecule has 0 heterocycles. The van der Waals surface area contributed by atoms with Crippen molar-refractivity contribution in [3.63, 3.8) is 0 Å². The van der Waals surface area contributed by atoms with Gasteiger partial charge in [0.1, 0.15) is 0 Å². The van der Waals surface area contributed by atoms with Gasteiger partial charge in [-0.3, -0.25) is 0 Å². The Labute approximate surface area is 397 Å². The highest BCUT2D eigenvalue weighted by Crippen LogP contribution is 2.67. The van der Waals surface area contributed by atoms with Gasteiger partial charge in [-0.05, 0) is 37.1 Å². The lowest BCUT2D eigenvalue weighted by Gasteiger charge is -2.42. The number of urea groups is 2. The molecule has 0 spiro atoms. The second-order valence-corrected chi connectivity index (χ2v) is 15.4. The summed E-state index contributed by atoms with van der Waals surface area (Å²) in [5.41, 5.74) is -6.59. The van der Waals surface area contributed by atoms with Gasteiger partial charge in [0.2, 0.25) is 0 Å². The van der Waals surface area contributed by atoms with E-state index in [1.165, 1.54) is 0 Å². The second kappa shape index (κ2) is 20.4.